The van der Waals surface area contributed by atoms with Crippen LogP contribution in [0, 0.1) is 0 Å². The molecule has 0 unspecified atom stereocenters. The van der Waals surface area contributed by atoms with Gasteiger partial charge < -0.3 is 15.4 Å². The van der Waals surface area contributed by atoms with E-state index >= 15 is 0 Å². The van der Waals surface area contributed by atoms with Crippen LogP contribution in [0.15, 0.2) is 6.33 Å². The molecule has 0 radical (unpaired) electrons. The Bertz CT molecular complexity index is 341. The van der Waals surface area contributed by atoms with Gasteiger partial charge in [-0.05, 0) is 12.8 Å². The van der Waals surface area contributed by atoms with Crippen LogP contribution in [-0.4, -0.2) is 36.8 Å². The van der Waals surface area contributed by atoms with Crippen molar-refractivity contribution in [1.29, 1.82) is 0 Å². The van der Waals surface area contributed by atoms with E-state index in [4.69, 9.17) is 4.74 Å². The van der Waals surface area contributed by atoms with E-state index in [1.165, 1.54) is 0 Å². The summed E-state index contributed by atoms with van der Waals surface area (Å²) >= 11 is 0. The fourth-order valence-electron chi connectivity index (χ4n) is 1.66. The number of rotatable bonds is 7. The van der Waals surface area contributed by atoms with Crippen LogP contribution in [0.1, 0.15) is 32.3 Å². The summed E-state index contributed by atoms with van der Waals surface area (Å²) in [5.74, 6) is 2.18. The highest BCUT2D eigenvalue weighted by Gasteiger charge is 2.13. The Morgan fingerprint density at radius 3 is 2.41 bits per heavy atom. The number of nitrogens with zero attached hydrogens (tertiary/aromatic N) is 2. The second-order valence-corrected chi connectivity index (χ2v) is 4.09. The van der Waals surface area contributed by atoms with Crippen LogP contribution in [0.25, 0.3) is 0 Å². The van der Waals surface area contributed by atoms with Crippen molar-refractivity contribution in [2.45, 2.75) is 26.7 Å². The molecular weight excluding hydrogens is 216 g/mol. The van der Waals surface area contributed by atoms with Crippen molar-refractivity contribution < 1.29 is 4.74 Å². The van der Waals surface area contributed by atoms with Crippen molar-refractivity contribution in [3.05, 3.63) is 11.9 Å². The SMILES string of the molecule is CCNc1ncnc(NCCOC)c1C(C)C. The van der Waals surface area contributed by atoms with Crippen molar-refractivity contribution in [3.8, 4) is 0 Å². The molecule has 1 aromatic heterocycles. The van der Waals surface area contributed by atoms with Crippen molar-refractivity contribution in [3.63, 3.8) is 0 Å². The molecule has 96 valence electrons. The fraction of sp³-hybridized carbons (Fsp3) is 0.667. The Balaban J connectivity index is 2.90. The molecule has 0 amide bonds. The normalized spacial score (nSPS) is 10.6. The Labute approximate surface area is 103 Å². The summed E-state index contributed by atoms with van der Waals surface area (Å²) in [4.78, 5) is 8.58. The maximum atomic E-state index is 5.02. The van der Waals surface area contributed by atoms with Gasteiger partial charge in [-0.3, -0.25) is 0 Å². The smallest absolute Gasteiger partial charge is 0.135 e. The predicted octanol–water partition coefficient (Wildman–Crippen LogP) is 2.09. The lowest BCUT2D eigenvalue weighted by Gasteiger charge is -2.17. The van der Waals surface area contributed by atoms with Crippen LogP contribution in [0.4, 0.5) is 11.6 Å². The fourth-order valence-corrected chi connectivity index (χ4v) is 1.66. The second kappa shape index (κ2) is 7.06. The van der Waals surface area contributed by atoms with Crippen molar-refractivity contribution in [2.24, 2.45) is 0 Å². The number of aromatic nitrogens is 2. The molecule has 17 heavy (non-hydrogen) atoms. The molecule has 5 heteroatoms. The highest BCUT2D eigenvalue weighted by Crippen LogP contribution is 2.27. The Hall–Kier alpha value is -1.36. The number of nitrogens with one attached hydrogen (secondary N) is 2. The van der Waals surface area contributed by atoms with E-state index in [2.05, 4.69) is 41.4 Å². The van der Waals surface area contributed by atoms with Crippen LogP contribution in [-0.2, 0) is 4.74 Å². The minimum absolute atomic E-state index is 0.371. The molecule has 0 bridgehead atoms. The summed E-state index contributed by atoms with van der Waals surface area (Å²) < 4.78 is 5.02. The van der Waals surface area contributed by atoms with Gasteiger partial charge in [0, 0.05) is 25.8 Å². The van der Waals surface area contributed by atoms with Gasteiger partial charge in [0.05, 0.1) is 6.61 Å². The molecule has 0 aliphatic rings. The lowest BCUT2D eigenvalue weighted by molar-refractivity contribution is 0.210. The van der Waals surface area contributed by atoms with E-state index in [1.54, 1.807) is 13.4 Å². The predicted molar refractivity (Wildman–Crippen MR) is 70.7 cm³/mol. The standard InChI is InChI=1S/C12H22N4O/c1-5-13-11-10(9(2)3)12(16-8-15-11)14-6-7-17-4/h8-9H,5-7H2,1-4H3,(H2,13,14,15,16). The van der Waals surface area contributed by atoms with Crippen LogP contribution in [0.2, 0.25) is 0 Å². The van der Waals surface area contributed by atoms with Crippen LogP contribution < -0.4 is 10.6 Å². The van der Waals surface area contributed by atoms with Gasteiger partial charge in [0.25, 0.3) is 0 Å². The van der Waals surface area contributed by atoms with Crippen LogP contribution in [0.5, 0.6) is 0 Å². The van der Waals surface area contributed by atoms with Gasteiger partial charge in [-0.25, -0.2) is 9.97 Å². The van der Waals surface area contributed by atoms with Gasteiger partial charge >= 0.3 is 0 Å². The Morgan fingerprint density at radius 1 is 1.24 bits per heavy atom. The van der Waals surface area contributed by atoms with Crippen LogP contribution in [0.3, 0.4) is 0 Å². The Kier molecular flexibility index (Phi) is 5.69. The number of anilines is 2. The quantitative estimate of drug-likeness (QED) is 0.712. The summed E-state index contributed by atoms with van der Waals surface area (Å²) in [5, 5.41) is 6.54. The number of methoxy groups -OCH3 is 1. The lowest BCUT2D eigenvalue weighted by Crippen LogP contribution is -2.14. The van der Waals surface area contributed by atoms with Crippen molar-refractivity contribution >= 4 is 11.6 Å². The molecule has 1 aromatic rings. The summed E-state index contributed by atoms with van der Waals surface area (Å²) in [5.41, 5.74) is 1.13. The maximum absolute atomic E-state index is 5.02. The summed E-state index contributed by atoms with van der Waals surface area (Å²) in [6.07, 6.45) is 1.58. The third kappa shape index (κ3) is 3.85. The van der Waals surface area contributed by atoms with E-state index in [1.807, 2.05) is 0 Å². The molecule has 1 heterocycles. The minimum atomic E-state index is 0.371. The highest BCUT2D eigenvalue weighted by molar-refractivity contribution is 5.58. The first-order valence-electron chi connectivity index (χ1n) is 6.02. The van der Waals surface area contributed by atoms with Gasteiger partial charge in [-0.2, -0.15) is 0 Å². The first-order chi connectivity index (χ1) is 8.20. The van der Waals surface area contributed by atoms with E-state index in [-0.39, 0.29) is 0 Å². The minimum Gasteiger partial charge on any atom is -0.383 e. The number of ether oxygens (including phenoxy) is 1. The molecule has 0 spiro atoms. The molecule has 0 saturated heterocycles. The third-order valence-electron chi connectivity index (χ3n) is 2.40. The van der Waals surface area contributed by atoms with Gasteiger partial charge in [-0.1, -0.05) is 13.8 Å². The zero-order valence-electron chi connectivity index (χ0n) is 11.1. The molecule has 0 aliphatic heterocycles. The van der Waals surface area contributed by atoms with Gasteiger partial charge in [0.1, 0.15) is 18.0 Å². The summed E-state index contributed by atoms with van der Waals surface area (Å²) in [6.45, 7) is 8.61. The summed E-state index contributed by atoms with van der Waals surface area (Å²) in [6, 6.07) is 0. The van der Waals surface area contributed by atoms with E-state index in [0.717, 1.165) is 30.3 Å². The number of hydrogen-bond donors (Lipinski definition) is 2. The topological polar surface area (TPSA) is 59.1 Å². The molecule has 0 saturated carbocycles. The van der Waals surface area contributed by atoms with E-state index in [0.29, 0.717) is 12.5 Å². The van der Waals surface area contributed by atoms with E-state index < -0.39 is 0 Å². The van der Waals surface area contributed by atoms with Crippen molar-refractivity contribution in [1.82, 2.24) is 9.97 Å². The van der Waals surface area contributed by atoms with E-state index in [9.17, 15) is 0 Å². The zero-order valence-corrected chi connectivity index (χ0v) is 11.1. The first-order valence-corrected chi connectivity index (χ1v) is 6.02. The van der Waals surface area contributed by atoms with Gasteiger partial charge in [0.15, 0.2) is 0 Å². The van der Waals surface area contributed by atoms with Gasteiger partial charge in [-0.15, -0.1) is 0 Å². The second-order valence-electron chi connectivity index (χ2n) is 4.09. The average Bonchev–Trinajstić information content (AvgIpc) is 2.29. The molecular formula is C12H22N4O. The average molecular weight is 238 g/mol. The molecule has 0 aliphatic carbocycles. The highest BCUT2D eigenvalue weighted by atomic mass is 16.5. The Morgan fingerprint density at radius 2 is 1.88 bits per heavy atom. The van der Waals surface area contributed by atoms with Gasteiger partial charge in [0.2, 0.25) is 0 Å². The monoisotopic (exact) mass is 238 g/mol. The molecule has 2 N–H and O–H groups in total. The lowest BCUT2D eigenvalue weighted by atomic mass is 10.0. The van der Waals surface area contributed by atoms with Crippen LogP contribution >= 0.6 is 0 Å². The molecule has 0 atom stereocenters. The van der Waals surface area contributed by atoms with Crippen molar-refractivity contribution in [2.75, 3.05) is 37.4 Å². The maximum Gasteiger partial charge on any atom is 0.135 e. The largest absolute Gasteiger partial charge is 0.383 e. The molecule has 5 nitrogen and oxygen atoms in total. The molecule has 0 aromatic carbocycles. The third-order valence-corrected chi connectivity index (χ3v) is 2.40. The summed E-state index contributed by atoms with van der Waals surface area (Å²) in [7, 11) is 1.69. The first kappa shape index (κ1) is 13.7. The zero-order chi connectivity index (χ0) is 12.7. The molecule has 1 rings (SSSR count). The number of hydrogen-bond acceptors (Lipinski definition) is 5. The molecule has 0 fully saturated rings.